The number of rotatable bonds is 8. The van der Waals surface area contributed by atoms with Gasteiger partial charge in [-0.3, -0.25) is 0 Å². The Morgan fingerprint density at radius 3 is 2.16 bits per heavy atom. The smallest absolute Gasteiger partial charge is 0.337 e. The van der Waals surface area contributed by atoms with Crippen LogP contribution >= 0.6 is 0 Å². The Labute approximate surface area is 180 Å². The molecule has 31 heavy (non-hydrogen) atoms. The Kier molecular flexibility index (Phi) is 7.23. The van der Waals surface area contributed by atoms with E-state index < -0.39 is 18.0 Å². The van der Waals surface area contributed by atoms with Gasteiger partial charge in [0.05, 0.1) is 38.0 Å². The fourth-order valence-electron chi connectivity index (χ4n) is 3.18. The first-order valence-corrected chi connectivity index (χ1v) is 9.80. The highest BCUT2D eigenvalue weighted by Crippen LogP contribution is 2.26. The van der Waals surface area contributed by atoms with Gasteiger partial charge in [0.1, 0.15) is 11.5 Å². The Hall–Kier alpha value is -3.42. The van der Waals surface area contributed by atoms with E-state index in [4.69, 9.17) is 13.9 Å². The second-order valence-electron chi connectivity index (χ2n) is 7.07. The molecular weight excluding hydrogens is 398 g/mol. The molecule has 3 aromatic rings. The van der Waals surface area contributed by atoms with Crippen LogP contribution in [0.3, 0.4) is 0 Å². The molecule has 0 radical (unpaired) electrons. The van der Waals surface area contributed by atoms with Crippen molar-refractivity contribution in [2.24, 2.45) is 0 Å². The van der Waals surface area contributed by atoms with Crippen molar-refractivity contribution in [3.8, 4) is 11.3 Å². The lowest BCUT2D eigenvalue weighted by Gasteiger charge is -2.20. The first-order chi connectivity index (χ1) is 14.9. The Bertz CT molecular complexity index is 1010. The van der Waals surface area contributed by atoms with Gasteiger partial charge in [-0.1, -0.05) is 30.3 Å². The summed E-state index contributed by atoms with van der Waals surface area (Å²) in [6.07, 6.45) is -0.657. The minimum absolute atomic E-state index is 0.204. The molecule has 2 aromatic carbocycles. The number of carbonyl (C=O) groups excluding carboxylic acids is 2. The lowest BCUT2D eigenvalue weighted by atomic mass is 10.0. The summed E-state index contributed by atoms with van der Waals surface area (Å²) in [5, 5.41) is 13.7. The van der Waals surface area contributed by atoms with E-state index >= 15 is 0 Å². The van der Waals surface area contributed by atoms with Gasteiger partial charge in [0.25, 0.3) is 0 Å². The zero-order chi connectivity index (χ0) is 22.4. The molecule has 0 aliphatic rings. The van der Waals surface area contributed by atoms with Crippen molar-refractivity contribution in [1.29, 1.82) is 0 Å². The third-order valence-electron chi connectivity index (χ3n) is 4.93. The normalized spacial score (nSPS) is 12.8. The predicted octanol–water partition coefficient (Wildman–Crippen LogP) is 3.73. The molecule has 0 amide bonds. The molecular formula is C24H25NO6. The number of esters is 2. The zero-order valence-electron chi connectivity index (χ0n) is 17.6. The lowest BCUT2D eigenvalue weighted by Crippen LogP contribution is -2.31. The van der Waals surface area contributed by atoms with Crippen LogP contribution in [-0.2, 0) is 16.0 Å². The number of carbonyl (C=O) groups is 2. The van der Waals surface area contributed by atoms with E-state index in [0.29, 0.717) is 23.6 Å². The van der Waals surface area contributed by atoms with Gasteiger partial charge in [0.15, 0.2) is 0 Å². The summed E-state index contributed by atoms with van der Waals surface area (Å²) < 4.78 is 15.4. The van der Waals surface area contributed by atoms with Crippen LogP contribution in [-0.4, -0.2) is 37.3 Å². The maximum absolute atomic E-state index is 12.0. The van der Waals surface area contributed by atoms with Crippen molar-refractivity contribution in [1.82, 2.24) is 5.32 Å². The summed E-state index contributed by atoms with van der Waals surface area (Å²) in [6.45, 7) is 2.29. The first kappa shape index (κ1) is 22.3. The second-order valence-corrected chi connectivity index (χ2v) is 7.07. The van der Waals surface area contributed by atoms with E-state index in [2.05, 4.69) is 5.32 Å². The average Bonchev–Trinajstić information content (AvgIpc) is 3.30. The number of methoxy groups -OCH3 is 2. The third kappa shape index (κ3) is 5.39. The summed E-state index contributed by atoms with van der Waals surface area (Å²) in [7, 11) is 2.54. The summed E-state index contributed by atoms with van der Waals surface area (Å²) in [5.41, 5.74) is 1.82. The highest BCUT2D eigenvalue weighted by atomic mass is 16.5. The fraction of sp³-hybridized carbons (Fsp3) is 0.250. The molecule has 7 heteroatoms. The van der Waals surface area contributed by atoms with Crippen molar-refractivity contribution < 1.29 is 28.6 Å². The molecule has 162 valence electrons. The molecule has 7 nitrogen and oxygen atoms in total. The highest BCUT2D eigenvalue weighted by molar-refractivity contribution is 5.97. The number of hydrogen-bond donors (Lipinski definition) is 2. The molecule has 0 fully saturated rings. The topological polar surface area (TPSA) is 98.0 Å². The quantitative estimate of drug-likeness (QED) is 0.533. The molecule has 0 bridgehead atoms. The van der Waals surface area contributed by atoms with Crippen molar-refractivity contribution in [2.75, 3.05) is 14.2 Å². The Morgan fingerprint density at radius 1 is 0.968 bits per heavy atom. The molecule has 2 atom stereocenters. The van der Waals surface area contributed by atoms with Gasteiger partial charge in [0.2, 0.25) is 0 Å². The highest BCUT2D eigenvalue weighted by Gasteiger charge is 2.18. The van der Waals surface area contributed by atoms with Gasteiger partial charge in [-0.05, 0) is 42.8 Å². The van der Waals surface area contributed by atoms with Crippen LogP contribution in [0.1, 0.15) is 45.1 Å². The molecule has 0 saturated heterocycles. The maximum Gasteiger partial charge on any atom is 0.337 e. The molecule has 0 spiro atoms. The first-order valence-electron chi connectivity index (χ1n) is 9.80. The summed E-state index contributed by atoms with van der Waals surface area (Å²) in [5.74, 6) is 0.00233. The monoisotopic (exact) mass is 423 g/mol. The average molecular weight is 423 g/mol. The zero-order valence-corrected chi connectivity index (χ0v) is 17.6. The standard InChI is InChI=1S/C24H25NO6/c1-15(22(26)16-7-5-4-6-8-16)25-14-20-9-10-21(31-20)17-11-18(23(27)29-2)13-19(12-17)24(28)30-3/h4-13,15,22,25-26H,14H2,1-3H3/t15-,22-/m1/s1. The third-order valence-corrected chi connectivity index (χ3v) is 4.93. The summed E-state index contributed by atoms with van der Waals surface area (Å²) in [6, 6.07) is 17.4. The lowest BCUT2D eigenvalue weighted by molar-refractivity contribution is 0.0599. The van der Waals surface area contributed by atoms with E-state index in [9.17, 15) is 14.7 Å². The van der Waals surface area contributed by atoms with Gasteiger partial charge in [0, 0.05) is 11.6 Å². The summed E-state index contributed by atoms with van der Waals surface area (Å²) >= 11 is 0. The van der Waals surface area contributed by atoms with E-state index in [1.165, 1.54) is 20.3 Å². The van der Waals surface area contributed by atoms with Gasteiger partial charge < -0.3 is 24.3 Å². The van der Waals surface area contributed by atoms with E-state index in [1.54, 1.807) is 24.3 Å². The molecule has 1 aromatic heterocycles. The van der Waals surface area contributed by atoms with Crippen LogP contribution < -0.4 is 5.32 Å². The van der Waals surface area contributed by atoms with E-state index in [0.717, 1.165) is 5.56 Å². The summed E-state index contributed by atoms with van der Waals surface area (Å²) in [4.78, 5) is 24.0. The van der Waals surface area contributed by atoms with E-state index in [-0.39, 0.29) is 17.2 Å². The fourth-order valence-corrected chi connectivity index (χ4v) is 3.18. The van der Waals surface area contributed by atoms with Crippen LogP contribution in [0.25, 0.3) is 11.3 Å². The molecule has 0 saturated carbocycles. The Morgan fingerprint density at radius 2 is 1.58 bits per heavy atom. The number of hydrogen-bond acceptors (Lipinski definition) is 7. The number of aliphatic hydroxyl groups is 1. The number of ether oxygens (including phenoxy) is 2. The van der Waals surface area contributed by atoms with Gasteiger partial charge in [-0.15, -0.1) is 0 Å². The molecule has 2 N–H and O–H groups in total. The van der Waals surface area contributed by atoms with Crippen molar-refractivity contribution in [2.45, 2.75) is 25.6 Å². The Balaban J connectivity index is 1.75. The minimum Gasteiger partial charge on any atom is -0.465 e. The van der Waals surface area contributed by atoms with Crippen LogP contribution in [0.5, 0.6) is 0 Å². The van der Waals surface area contributed by atoms with Crippen LogP contribution in [0.15, 0.2) is 65.1 Å². The number of furan rings is 1. The molecule has 0 aliphatic heterocycles. The van der Waals surface area contributed by atoms with E-state index in [1.807, 2.05) is 37.3 Å². The van der Waals surface area contributed by atoms with Gasteiger partial charge in [-0.25, -0.2) is 9.59 Å². The molecule has 1 heterocycles. The molecule has 0 unspecified atom stereocenters. The van der Waals surface area contributed by atoms with Crippen LogP contribution in [0.4, 0.5) is 0 Å². The molecule has 0 aliphatic carbocycles. The maximum atomic E-state index is 12.0. The predicted molar refractivity (Wildman–Crippen MR) is 115 cm³/mol. The van der Waals surface area contributed by atoms with Crippen LogP contribution in [0, 0.1) is 0 Å². The minimum atomic E-state index is -0.657. The van der Waals surface area contributed by atoms with Crippen LogP contribution in [0.2, 0.25) is 0 Å². The van der Waals surface area contributed by atoms with Crippen molar-refractivity contribution in [3.05, 3.63) is 83.1 Å². The number of benzene rings is 2. The number of nitrogens with one attached hydrogen (secondary N) is 1. The van der Waals surface area contributed by atoms with Crippen molar-refractivity contribution in [3.63, 3.8) is 0 Å². The van der Waals surface area contributed by atoms with Crippen molar-refractivity contribution >= 4 is 11.9 Å². The molecule has 3 rings (SSSR count). The largest absolute Gasteiger partial charge is 0.465 e. The van der Waals surface area contributed by atoms with Gasteiger partial charge >= 0.3 is 11.9 Å². The SMILES string of the molecule is COC(=O)c1cc(C(=O)OC)cc(-c2ccc(CN[C@H](C)[C@@H](O)c3ccccc3)o2)c1. The second kappa shape index (κ2) is 10.1. The van der Waals surface area contributed by atoms with Gasteiger partial charge in [-0.2, -0.15) is 0 Å². The number of aliphatic hydroxyl groups excluding tert-OH is 1.